The highest BCUT2D eigenvalue weighted by molar-refractivity contribution is 14.0. The predicted molar refractivity (Wildman–Crippen MR) is 114 cm³/mol. The van der Waals surface area contributed by atoms with E-state index in [1.165, 1.54) is 25.7 Å². The quantitative estimate of drug-likeness (QED) is 0.238. The summed E-state index contributed by atoms with van der Waals surface area (Å²) in [4.78, 5) is 4.29. The van der Waals surface area contributed by atoms with Gasteiger partial charge in [-0.15, -0.1) is 24.0 Å². The molecule has 2 aliphatic rings. The normalized spacial score (nSPS) is 24.7. The van der Waals surface area contributed by atoms with Crippen LogP contribution in [0.25, 0.3) is 0 Å². The van der Waals surface area contributed by atoms with Gasteiger partial charge in [0, 0.05) is 33.4 Å². The number of hydrogen-bond donors (Lipinski definition) is 2. The average Bonchev–Trinajstić information content (AvgIpc) is 3.15. The van der Waals surface area contributed by atoms with Gasteiger partial charge in [-0.3, -0.25) is 4.99 Å². The molecule has 1 heterocycles. The van der Waals surface area contributed by atoms with E-state index in [9.17, 15) is 8.42 Å². The van der Waals surface area contributed by atoms with Crippen molar-refractivity contribution in [3.63, 3.8) is 0 Å². The minimum atomic E-state index is -2.81. The summed E-state index contributed by atoms with van der Waals surface area (Å²) in [5.74, 6) is 1.61. The monoisotopic (exact) mass is 487 g/mol. The maximum atomic E-state index is 11.5. The number of sulfone groups is 1. The van der Waals surface area contributed by atoms with Gasteiger partial charge < -0.3 is 15.4 Å². The van der Waals surface area contributed by atoms with Crippen LogP contribution in [0.4, 0.5) is 0 Å². The third-order valence-electron chi connectivity index (χ3n) is 5.38. The zero-order chi connectivity index (χ0) is 17.5. The van der Waals surface area contributed by atoms with Gasteiger partial charge in [0.05, 0.1) is 11.5 Å². The maximum absolute atomic E-state index is 11.5. The van der Waals surface area contributed by atoms with Crippen LogP contribution in [0, 0.1) is 11.3 Å². The van der Waals surface area contributed by atoms with Gasteiger partial charge in [0.1, 0.15) is 0 Å². The molecule has 1 atom stereocenters. The molecule has 1 aliphatic heterocycles. The van der Waals surface area contributed by atoms with E-state index in [1.807, 2.05) is 6.92 Å². The van der Waals surface area contributed by atoms with Crippen molar-refractivity contribution < 1.29 is 13.2 Å². The lowest BCUT2D eigenvalue weighted by molar-refractivity contribution is 0.105. The molecule has 1 saturated carbocycles. The number of nitrogens with zero attached hydrogens (tertiary/aromatic N) is 1. The Hall–Kier alpha value is -0.0900. The molecule has 1 aliphatic carbocycles. The van der Waals surface area contributed by atoms with Gasteiger partial charge in [-0.05, 0) is 43.9 Å². The first-order valence-electron chi connectivity index (χ1n) is 9.21. The minimum Gasteiger partial charge on any atom is -0.382 e. The van der Waals surface area contributed by atoms with E-state index in [4.69, 9.17) is 4.74 Å². The fourth-order valence-electron chi connectivity index (χ4n) is 3.84. The average molecular weight is 487 g/mol. The molecular formula is C17H34IN3O3S. The Bertz CT molecular complexity index is 519. The molecule has 0 aromatic carbocycles. The number of guanidine groups is 1. The molecule has 148 valence electrons. The summed E-state index contributed by atoms with van der Waals surface area (Å²) in [7, 11) is -1.05. The Morgan fingerprint density at radius 1 is 1.28 bits per heavy atom. The maximum Gasteiger partial charge on any atom is 0.191 e. The number of hydrogen-bond acceptors (Lipinski definition) is 4. The van der Waals surface area contributed by atoms with E-state index in [2.05, 4.69) is 15.6 Å². The van der Waals surface area contributed by atoms with Gasteiger partial charge in [0.25, 0.3) is 0 Å². The van der Waals surface area contributed by atoms with Crippen LogP contribution in [0.3, 0.4) is 0 Å². The molecule has 25 heavy (non-hydrogen) atoms. The van der Waals surface area contributed by atoms with Gasteiger partial charge in [-0.1, -0.05) is 12.8 Å². The minimum absolute atomic E-state index is 0. The first-order chi connectivity index (χ1) is 11.5. The van der Waals surface area contributed by atoms with Crippen molar-refractivity contribution in [2.45, 2.75) is 45.4 Å². The Morgan fingerprint density at radius 2 is 2.00 bits per heavy atom. The van der Waals surface area contributed by atoms with Gasteiger partial charge in [-0.2, -0.15) is 0 Å². The zero-order valence-electron chi connectivity index (χ0n) is 15.6. The van der Waals surface area contributed by atoms with Crippen molar-refractivity contribution in [2.75, 3.05) is 44.9 Å². The third kappa shape index (κ3) is 7.58. The first kappa shape index (κ1) is 23.0. The summed E-state index contributed by atoms with van der Waals surface area (Å²) >= 11 is 0. The zero-order valence-corrected chi connectivity index (χ0v) is 18.7. The molecule has 0 amide bonds. The summed E-state index contributed by atoms with van der Waals surface area (Å²) in [6, 6.07) is 0. The topological polar surface area (TPSA) is 79.8 Å². The largest absolute Gasteiger partial charge is 0.382 e. The third-order valence-corrected chi connectivity index (χ3v) is 7.22. The highest BCUT2D eigenvalue weighted by Crippen LogP contribution is 2.40. The first-order valence-corrected chi connectivity index (χ1v) is 11.0. The van der Waals surface area contributed by atoms with Crippen LogP contribution in [-0.4, -0.2) is 59.2 Å². The van der Waals surface area contributed by atoms with Crippen molar-refractivity contribution >= 4 is 39.8 Å². The van der Waals surface area contributed by atoms with Gasteiger partial charge in [-0.25, -0.2) is 8.42 Å². The fourth-order valence-corrected chi connectivity index (χ4v) is 5.70. The second-order valence-electron chi connectivity index (χ2n) is 7.23. The second-order valence-corrected chi connectivity index (χ2v) is 9.46. The van der Waals surface area contributed by atoms with E-state index in [1.54, 1.807) is 7.05 Å². The summed E-state index contributed by atoms with van der Waals surface area (Å²) in [5.41, 5.74) is 0.309. The fraction of sp³-hybridized carbons (Fsp3) is 0.941. The summed E-state index contributed by atoms with van der Waals surface area (Å²) < 4.78 is 28.6. The number of aliphatic imine (C=N–C) groups is 1. The van der Waals surface area contributed by atoms with Crippen LogP contribution in [0.2, 0.25) is 0 Å². The molecule has 6 nitrogen and oxygen atoms in total. The molecule has 0 radical (unpaired) electrons. The second kappa shape index (κ2) is 10.9. The number of halogens is 1. The molecule has 0 aromatic heterocycles. The SMILES string of the molecule is CCOCCC1(CNC(=NC)NCC2CCS(=O)(=O)C2)CCCC1.I. The van der Waals surface area contributed by atoms with Crippen molar-refractivity contribution in [1.29, 1.82) is 0 Å². The van der Waals surface area contributed by atoms with E-state index < -0.39 is 9.84 Å². The van der Waals surface area contributed by atoms with Crippen LogP contribution >= 0.6 is 24.0 Å². The van der Waals surface area contributed by atoms with Gasteiger partial charge in [0.2, 0.25) is 0 Å². The van der Waals surface area contributed by atoms with Crippen LogP contribution < -0.4 is 10.6 Å². The molecule has 8 heteroatoms. The molecule has 0 aromatic rings. The Kier molecular flexibility index (Phi) is 10.0. The molecule has 1 saturated heterocycles. The summed E-state index contributed by atoms with van der Waals surface area (Å²) in [5, 5.41) is 6.76. The van der Waals surface area contributed by atoms with E-state index >= 15 is 0 Å². The molecule has 2 rings (SSSR count). The van der Waals surface area contributed by atoms with E-state index in [0.717, 1.165) is 38.6 Å². The molecule has 1 unspecified atom stereocenters. The molecule has 0 bridgehead atoms. The summed E-state index contributed by atoms with van der Waals surface area (Å²) in [6.07, 6.45) is 6.91. The van der Waals surface area contributed by atoms with Gasteiger partial charge in [0.15, 0.2) is 15.8 Å². The Labute approximate surface area is 169 Å². The van der Waals surface area contributed by atoms with Crippen LogP contribution in [0.15, 0.2) is 4.99 Å². The number of rotatable bonds is 8. The lowest BCUT2D eigenvalue weighted by atomic mass is 9.83. The molecular weight excluding hydrogens is 453 g/mol. The van der Waals surface area contributed by atoms with Crippen molar-refractivity contribution in [2.24, 2.45) is 16.3 Å². The lowest BCUT2D eigenvalue weighted by Gasteiger charge is -2.30. The van der Waals surface area contributed by atoms with Crippen molar-refractivity contribution in [3.05, 3.63) is 0 Å². The van der Waals surface area contributed by atoms with Crippen molar-refractivity contribution in [3.8, 4) is 0 Å². The van der Waals surface area contributed by atoms with Gasteiger partial charge >= 0.3 is 0 Å². The highest BCUT2D eigenvalue weighted by Gasteiger charge is 2.33. The summed E-state index contributed by atoms with van der Waals surface area (Å²) in [6.45, 7) is 5.21. The lowest BCUT2D eigenvalue weighted by Crippen LogP contribution is -2.44. The van der Waals surface area contributed by atoms with Crippen LogP contribution in [0.5, 0.6) is 0 Å². The Balaban J connectivity index is 0.00000312. The van der Waals surface area contributed by atoms with Crippen LogP contribution in [0.1, 0.15) is 45.4 Å². The van der Waals surface area contributed by atoms with E-state index in [-0.39, 0.29) is 29.9 Å². The Morgan fingerprint density at radius 3 is 2.56 bits per heavy atom. The number of ether oxygens (including phenoxy) is 1. The van der Waals surface area contributed by atoms with E-state index in [0.29, 0.717) is 23.5 Å². The highest BCUT2D eigenvalue weighted by atomic mass is 127. The molecule has 2 N–H and O–H groups in total. The van der Waals surface area contributed by atoms with Crippen LogP contribution in [-0.2, 0) is 14.6 Å². The molecule has 0 spiro atoms. The predicted octanol–water partition coefficient (Wildman–Crippen LogP) is 2.19. The molecule has 2 fully saturated rings. The number of nitrogens with one attached hydrogen (secondary N) is 2. The van der Waals surface area contributed by atoms with Crippen molar-refractivity contribution in [1.82, 2.24) is 10.6 Å². The standard InChI is InChI=1S/C17H33N3O3S.HI/c1-3-23-10-9-17(7-4-5-8-17)14-20-16(18-2)19-12-15-6-11-24(21,22)13-15;/h15H,3-14H2,1-2H3,(H2,18,19,20);1H. The smallest absolute Gasteiger partial charge is 0.191 e.